The van der Waals surface area contributed by atoms with E-state index in [0.29, 0.717) is 0 Å². The third-order valence-corrected chi connectivity index (χ3v) is 3.09. The van der Waals surface area contributed by atoms with Crippen molar-refractivity contribution in [2.24, 2.45) is 0 Å². The van der Waals surface area contributed by atoms with Crippen molar-refractivity contribution in [2.45, 2.75) is 26.4 Å². The molecule has 4 nitrogen and oxygen atoms in total. The normalized spacial score (nSPS) is 17.2. The lowest BCUT2D eigenvalue weighted by Gasteiger charge is -2.16. The Hall–Kier alpha value is -2.36. The Morgan fingerprint density at radius 1 is 1.24 bits per heavy atom. The molecule has 0 atom stereocenters. The summed E-state index contributed by atoms with van der Waals surface area (Å²) in [6, 6.07) is 9.57. The molecule has 1 aliphatic rings. The molecule has 110 valence electrons. The molecule has 0 saturated carbocycles. The van der Waals surface area contributed by atoms with Crippen LogP contribution in [0.25, 0.3) is 6.08 Å². The summed E-state index contributed by atoms with van der Waals surface area (Å²) in [6.45, 7) is 5.19. The topological polar surface area (TPSA) is 52.6 Å². The van der Waals surface area contributed by atoms with Crippen molar-refractivity contribution in [1.29, 1.82) is 0 Å². The Bertz CT molecular complexity index is 609. The molecule has 0 saturated heterocycles. The lowest BCUT2D eigenvalue weighted by Crippen LogP contribution is -2.31. The molecular formula is C17H18O4. The summed E-state index contributed by atoms with van der Waals surface area (Å²) >= 11 is 0. The van der Waals surface area contributed by atoms with Crippen molar-refractivity contribution >= 4 is 17.8 Å². The van der Waals surface area contributed by atoms with Crippen molar-refractivity contribution in [3.63, 3.8) is 0 Å². The number of ether oxygens (including phenoxy) is 2. The van der Waals surface area contributed by atoms with E-state index in [0.717, 1.165) is 5.56 Å². The molecule has 1 heterocycles. The van der Waals surface area contributed by atoms with Gasteiger partial charge in [0.15, 0.2) is 5.60 Å². The molecule has 0 fully saturated rings. The first-order chi connectivity index (χ1) is 9.95. The zero-order valence-electron chi connectivity index (χ0n) is 12.4. The number of esters is 1. The molecular weight excluding hydrogens is 268 g/mol. The third-order valence-electron chi connectivity index (χ3n) is 3.09. The maximum atomic E-state index is 12.2. The highest BCUT2D eigenvalue weighted by Gasteiger charge is 2.44. The number of carbonyl (C=O) groups is 2. The number of hydrogen-bond donors (Lipinski definition) is 0. The Balaban J connectivity index is 2.34. The number of allylic oxidation sites excluding steroid dienone is 1. The molecule has 2 rings (SSSR count). The largest absolute Gasteiger partial charge is 0.479 e. The van der Waals surface area contributed by atoms with Gasteiger partial charge < -0.3 is 9.47 Å². The second-order valence-electron chi connectivity index (χ2n) is 5.15. The van der Waals surface area contributed by atoms with Crippen molar-refractivity contribution in [1.82, 2.24) is 0 Å². The van der Waals surface area contributed by atoms with Gasteiger partial charge in [0.25, 0.3) is 0 Å². The highest BCUT2D eigenvalue weighted by molar-refractivity contribution is 6.22. The molecule has 1 aliphatic heterocycles. The molecule has 1 aromatic carbocycles. The van der Waals surface area contributed by atoms with Gasteiger partial charge in [-0.15, -0.1) is 0 Å². The predicted octanol–water partition coefficient (Wildman–Crippen LogP) is 2.89. The van der Waals surface area contributed by atoms with Crippen molar-refractivity contribution in [3.05, 3.63) is 53.3 Å². The Kier molecular flexibility index (Phi) is 4.26. The minimum Gasteiger partial charge on any atom is -0.479 e. The van der Waals surface area contributed by atoms with Crippen LogP contribution in [-0.4, -0.2) is 24.0 Å². The van der Waals surface area contributed by atoms with E-state index in [1.165, 1.54) is 0 Å². The van der Waals surface area contributed by atoms with Crippen LogP contribution in [0.15, 0.2) is 47.7 Å². The van der Waals surface area contributed by atoms with Gasteiger partial charge in [-0.2, -0.15) is 0 Å². The minimum atomic E-state index is -1.04. The van der Waals surface area contributed by atoms with Crippen molar-refractivity contribution in [3.8, 4) is 0 Å². The summed E-state index contributed by atoms with van der Waals surface area (Å²) in [5.41, 5.74) is -0.110. The molecule has 0 unspecified atom stereocenters. The van der Waals surface area contributed by atoms with Crippen LogP contribution in [0.3, 0.4) is 0 Å². The molecule has 0 bridgehead atoms. The van der Waals surface area contributed by atoms with Crippen molar-refractivity contribution in [2.75, 3.05) is 6.61 Å². The number of benzene rings is 1. The third kappa shape index (κ3) is 3.21. The van der Waals surface area contributed by atoms with Crippen LogP contribution < -0.4 is 0 Å². The maximum absolute atomic E-state index is 12.2. The zero-order chi connectivity index (χ0) is 15.5. The lowest BCUT2D eigenvalue weighted by molar-refractivity contribution is -0.140. The van der Waals surface area contributed by atoms with Crippen LogP contribution >= 0.6 is 0 Å². The molecule has 0 N–H and O–H groups in total. The zero-order valence-corrected chi connectivity index (χ0v) is 12.4. The van der Waals surface area contributed by atoms with Crippen LogP contribution in [-0.2, 0) is 19.1 Å². The highest BCUT2D eigenvalue weighted by Crippen LogP contribution is 2.32. The van der Waals surface area contributed by atoms with Gasteiger partial charge in [-0.25, -0.2) is 4.79 Å². The van der Waals surface area contributed by atoms with Gasteiger partial charge in [0.05, 0.1) is 6.61 Å². The van der Waals surface area contributed by atoms with E-state index in [1.807, 2.05) is 30.3 Å². The average Bonchev–Trinajstić information content (AvgIpc) is 2.68. The average molecular weight is 286 g/mol. The standard InChI is InChI=1S/C17H18O4/c1-4-20-16(19)14-13(21-17(2,3)15(14)18)11-10-12-8-6-5-7-9-12/h5-11H,4H2,1-3H3/b11-10+. The van der Waals surface area contributed by atoms with E-state index in [-0.39, 0.29) is 23.7 Å². The molecule has 0 radical (unpaired) electrons. The second kappa shape index (κ2) is 5.95. The van der Waals surface area contributed by atoms with Crippen LogP contribution in [0.4, 0.5) is 0 Å². The number of ketones is 1. The van der Waals surface area contributed by atoms with Gasteiger partial charge in [-0.05, 0) is 32.4 Å². The highest BCUT2D eigenvalue weighted by atomic mass is 16.5. The molecule has 0 amide bonds. The van der Waals surface area contributed by atoms with Gasteiger partial charge in [0.2, 0.25) is 5.78 Å². The first kappa shape index (κ1) is 15.0. The summed E-state index contributed by atoms with van der Waals surface area (Å²) in [5, 5.41) is 0. The summed E-state index contributed by atoms with van der Waals surface area (Å²) in [4.78, 5) is 24.2. The molecule has 4 heteroatoms. The Labute approximate surface area is 124 Å². The summed E-state index contributed by atoms with van der Waals surface area (Å²) in [6.07, 6.45) is 3.43. The molecule has 0 aromatic heterocycles. The maximum Gasteiger partial charge on any atom is 0.345 e. The van der Waals surface area contributed by atoms with Gasteiger partial charge >= 0.3 is 5.97 Å². The molecule has 21 heavy (non-hydrogen) atoms. The first-order valence-electron chi connectivity index (χ1n) is 6.84. The SMILES string of the molecule is CCOC(=O)C1=C(/C=C/c2ccccc2)OC(C)(C)C1=O. The molecule has 1 aromatic rings. The summed E-state index contributed by atoms with van der Waals surface area (Å²) in [5.74, 6) is -0.734. The van der Waals surface area contributed by atoms with E-state index in [9.17, 15) is 9.59 Å². The lowest BCUT2D eigenvalue weighted by atomic mass is 9.99. The van der Waals surface area contributed by atoms with Crippen molar-refractivity contribution < 1.29 is 19.1 Å². The molecule has 0 aliphatic carbocycles. The van der Waals surface area contributed by atoms with Gasteiger partial charge in [0, 0.05) is 0 Å². The number of Topliss-reactive ketones (excluding diaryl/α,β-unsaturated/α-hetero) is 1. The fourth-order valence-corrected chi connectivity index (χ4v) is 2.04. The van der Waals surface area contributed by atoms with E-state index >= 15 is 0 Å². The van der Waals surface area contributed by atoms with Crippen LogP contribution in [0, 0.1) is 0 Å². The number of hydrogen-bond acceptors (Lipinski definition) is 4. The van der Waals surface area contributed by atoms with Crippen LogP contribution in [0.1, 0.15) is 26.3 Å². The van der Waals surface area contributed by atoms with Gasteiger partial charge in [-0.1, -0.05) is 36.4 Å². The van der Waals surface area contributed by atoms with Crippen LogP contribution in [0.2, 0.25) is 0 Å². The Morgan fingerprint density at radius 3 is 2.52 bits per heavy atom. The van der Waals surface area contributed by atoms with E-state index in [2.05, 4.69) is 0 Å². The monoisotopic (exact) mass is 286 g/mol. The van der Waals surface area contributed by atoms with Gasteiger partial charge in [0.1, 0.15) is 11.3 Å². The van der Waals surface area contributed by atoms with Crippen LogP contribution in [0.5, 0.6) is 0 Å². The predicted molar refractivity (Wildman–Crippen MR) is 79.3 cm³/mol. The number of rotatable bonds is 4. The minimum absolute atomic E-state index is 0.0194. The van der Waals surface area contributed by atoms with E-state index in [1.54, 1.807) is 32.9 Å². The van der Waals surface area contributed by atoms with Gasteiger partial charge in [-0.3, -0.25) is 4.79 Å². The first-order valence-corrected chi connectivity index (χ1v) is 6.84. The quantitative estimate of drug-likeness (QED) is 0.631. The van der Waals surface area contributed by atoms with E-state index in [4.69, 9.17) is 9.47 Å². The second-order valence-corrected chi connectivity index (χ2v) is 5.15. The fourth-order valence-electron chi connectivity index (χ4n) is 2.04. The molecule has 0 spiro atoms. The smallest absolute Gasteiger partial charge is 0.345 e. The summed E-state index contributed by atoms with van der Waals surface area (Å²) < 4.78 is 10.5. The Morgan fingerprint density at radius 2 is 1.90 bits per heavy atom. The van der Waals surface area contributed by atoms with E-state index < -0.39 is 11.6 Å². The number of carbonyl (C=O) groups excluding carboxylic acids is 2. The summed E-state index contributed by atoms with van der Waals surface area (Å²) in [7, 11) is 0. The fraction of sp³-hybridized carbons (Fsp3) is 0.294.